The summed E-state index contributed by atoms with van der Waals surface area (Å²) < 4.78 is 12.5. The number of aryl methyl sites for hydroxylation is 1. The van der Waals surface area contributed by atoms with Gasteiger partial charge in [-0.2, -0.15) is 0 Å². The average Bonchev–Trinajstić information content (AvgIpc) is 3.12. The van der Waals surface area contributed by atoms with E-state index in [1.54, 1.807) is 17.0 Å². The van der Waals surface area contributed by atoms with Crippen LogP contribution in [0.5, 0.6) is 11.5 Å². The molecule has 0 aliphatic carbocycles. The van der Waals surface area contributed by atoms with E-state index < -0.39 is 11.1 Å². The van der Waals surface area contributed by atoms with Crippen molar-refractivity contribution in [2.75, 3.05) is 26.2 Å². The van der Waals surface area contributed by atoms with Crippen LogP contribution in [0.3, 0.4) is 0 Å². The molecule has 2 aliphatic rings. The van der Waals surface area contributed by atoms with Gasteiger partial charge in [-0.3, -0.25) is 19.3 Å². The molecule has 2 saturated heterocycles. The van der Waals surface area contributed by atoms with E-state index in [0.717, 1.165) is 41.5 Å². The molecule has 3 amide bonds. The van der Waals surface area contributed by atoms with E-state index in [-0.39, 0.29) is 17.4 Å². The molecular weight excluding hydrogens is 544 g/mol. The Labute approximate surface area is 223 Å². The number of thioether (sulfide) groups is 1. The van der Waals surface area contributed by atoms with E-state index in [4.69, 9.17) is 9.47 Å². The Bertz CT molecular complexity index is 1180. The van der Waals surface area contributed by atoms with Gasteiger partial charge >= 0.3 is 0 Å². The van der Waals surface area contributed by atoms with Gasteiger partial charge in [0.15, 0.2) is 11.5 Å². The van der Waals surface area contributed by atoms with Crippen LogP contribution < -0.4 is 9.47 Å². The lowest BCUT2D eigenvalue weighted by Gasteiger charge is -2.27. The molecule has 0 bridgehead atoms. The second kappa shape index (κ2) is 12.0. The van der Waals surface area contributed by atoms with E-state index in [1.165, 1.54) is 5.56 Å². The summed E-state index contributed by atoms with van der Waals surface area (Å²) >= 11 is 4.41. The third-order valence-corrected chi connectivity index (χ3v) is 7.51. The summed E-state index contributed by atoms with van der Waals surface area (Å²) in [6.45, 7) is 5.87. The van der Waals surface area contributed by atoms with Crippen molar-refractivity contribution in [1.29, 1.82) is 0 Å². The standard InChI is InChI=1S/C27H29BrN2O5S/c1-3-34-22-14-20(13-21(28)25(22)35-17-19-9-7-18(2)8-10-19)15-23-26(32)30(27(33)36-23)16-24(31)29-11-5-4-6-12-29/h7-10,13-15H,3-6,11-12,16-17H2,1-2H3/b23-15-. The molecule has 0 unspecified atom stereocenters. The number of hydrogen-bond donors (Lipinski definition) is 0. The third kappa shape index (κ3) is 6.31. The summed E-state index contributed by atoms with van der Waals surface area (Å²) in [5, 5.41) is -0.432. The van der Waals surface area contributed by atoms with Crippen LogP contribution >= 0.6 is 27.7 Å². The van der Waals surface area contributed by atoms with Gasteiger partial charge in [-0.1, -0.05) is 29.8 Å². The van der Waals surface area contributed by atoms with Crippen LogP contribution in [0.4, 0.5) is 4.79 Å². The topological polar surface area (TPSA) is 76.2 Å². The molecule has 7 nitrogen and oxygen atoms in total. The molecule has 0 N–H and O–H groups in total. The van der Waals surface area contributed by atoms with Crippen LogP contribution in [0.15, 0.2) is 45.8 Å². The summed E-state index contributed by atoms with van der Waals surface area (Å²) in [5.41, 5.74) is 2.90. The molecule has 2 heterocycles. The van der Waals surface area contributed by atoms with Crippen molar-refractivity contribution >= 4 is 50.8 Å². The smallest absolute Gasteiger partial charge is 0.294 e. The van der Waals surface area contributed by atoms with Crippen molar-refractivity contribution in [2.24, 2.45) is 0 Å². The number of likely N-dealkylation sites (tertiary alicyclic amines) is 1. The minimum absolute atomic E-state index is 0.185. The molecular formula is C27H29BrN2O5S. The number of imide groups is 1. The van der Waals surface area contributed by atoms with Gasteiger partial charge in [0.05, 0.1) is 16.0 Å². The van der Waals surface area contributed by atoms with Crippen molar-refractivity contribution in [1.82, 2.24) is 9.80 Å². The molecule has 0 saturated carbocycles. The van der Waals surface area contributed by atoms with Gasteiger partial charge in [0.1, 0.15) is 13.2 Å². The molecule has 36 heavy (non-hydrogen) atoms. The first kappa shape index (κ1) is 26.3. The molecule has 0 radical (unpaired) electrons. The first-order valence-electron chi connectivity index (χ1n) is 12.0. The zero-order chi connectivity index (χ0) is 25.7. The lowest BCUT2D eigenvalue weighted by molar-refractivity contribution is -0.136. The Balaban J connectivity index is 1.50. The minimum Gasteiger partial charge on any atom is -0.490 e. The fraction of sp³-hybridized carbons (Fsp3) is 0.370. The highest BCUT2D eigenvalue weighted by Crippen LogP contribution is 2.39. The molecule has 2 fully saturated rings. The highest BCUT2D eigenvalue weighted by atomic mass is 79.9. The quantitative estimate of drug-likeness (QED) is 0.373. The van der Waals surface area contributed by atoms with Gasteiger partial charge in [0.25, 0.3) is 11.1 Å². The number of carbonyl (C=O) groups is 3. The zero-order valence-electron chi connectivity index (χ0n) is 20.4. The van der Waals surface area contributed by atoms with Crippen LogP contribution in [0.25, 0.3) is 6.08 Å². The van der Waals surface area contributed by atoms with Crippen molar-refractivity contribution in [3.8, 4) is 11.5 Å². The Morgan fingerprint density at radius 3 is 2.50 bits per heavy atom. The summed E-state index contributed by atoms with van der Waals surface area (Å²) in [4.78, 5) is 41.1. The number of amides is 3. The molecule has 0 aromatic heterocycles. The van der Waals surface area contributed by atoms with Gasteiger partial charge in [-0.15, -0.1) is 0 Å². The van der Waals surface area contributed by atoms with Crippen molar-refractivity contribution in [3.63, 3.8) is 0 Å². The van der Waals surface area contributed by atoms with Crippen LogP contribution in [0.2, 0.25) is 0 Å². The van der Waals surface area contributed by atoms with E-state index in [1.807, 2.05) is 44.2 Å². The van der Waals surface area contributed by atoms with Gasteiger partial charge in [-0.25, -0.2) is 0 Å². The molecule has 190 valence electrons. The van der Waals surface area contributed by atoms with E-state index in [2.05, 4.69) is 15.9 Å². The fourth-order valence-electron chi connectivity index (χ4n) is 4.08. The highest BCUT2D eigenvalue weighted by molar-refractivity contribution is 9.10. The lowest BCUT2D eigenvalue weighted by Crippen LogP contribution is -2.44. The van der Waals surface area contributed by atoms with Crippen LogP contribution in [0, 0.1) is 6.92 Å². The number of hydrogen-bond acceptors (Lipinski definition) is 6. The Kier molecular flexibility index (Phi) is 8.74. The van der Waals surface area contributed by atoms with Crippen LogP contribution in [0.1, 0.15) is 42.9 Å². The number of ether oxygens (including phenoxy) is 2. The van der Waals surface area contributed by atoms with Crippen molar-refractivity contribution < 1.29 is 23.9 Å². The van der Waals surface area contributed by atoms with Crippen molar-refractivity contribution in [3.05, 3.63) is 62.5 Å². The largest absolute Gasteiger partial charge is 0.490 e. The molecule has 2 aliphatic heterocycles. The lowest BCUT2D eigenvalue weighted by atomic mass is 10.1. The van der Waals surface area contributed by atoms with E-state index >= 15 is 0 Å². The molecule has 0 spiro atoms. The van der Waals surface area contributed by atoms with E-state index in [0.29, 0.717) is 47.8 Å². The zero-order valence-corrected chi connectivity index (χ0v) is 22.8. The Hall–Kier alpha value is -2.78. The Morgan fingerprint density at radius 1 is 1.08 bits per heavy atom. The number of piperidine rings is 1. The van der Waals surface area contributed by atoms with Gasteiger partial charge in [0.2, 0.25) is 5.91 Å². The van der Waals surface area contributed by atoms with E-state index in [9.17, 15) is 14.4 Å². The summed E-state index contributed by atoms with van der Waals surface area (Å²) in [5.74, 6) is 0.457. The Morgan fingerprint density at radius 2 is 1.81 bits per heavy atom. The van der Waals surface area contributed by atoms with Crippen LogP contribution in [-0.2, 0) is 16.2 Å². The van der Waals surface area contributed by atoms with Crippen LogP contribution in [-0.4, -0.2) is 53.1 Å². The fourth-order valence-corrected chi connectivity index (χ4v) is 5.49. The maximum absolute atomic E-state index is 13.0. The predicted molar refractivity (Wildman–Crippen MR) is 144 cm³/mol. The SMILES string of the molecule is CCOc1cc(/C=C2\SC(=O)N(CC(=O)N3CCCCC3)C2=O)cc(Br)c1OCc1ccc(C)cc1. The summed E-state index contributed by atoms with van der Waals surface area (Å²) in [6.07, 6.45) is 4.65. The molecule has 2 aromatic rings. The maximum atomic E-state index is 13.0. The first-order chi connectivity index (χ1) is 17.4. The van der Waals surface area contributed by atoms with Gasteiger partial charge in [-0.05, 0) is 90.1 Å². The number of rotatable bonds is 8. The summed E-state index contributed by atoms with van der Waals surface area (Å²) in [6, 6.07) is 11.7. The maximum Gasteiger partial charge on any atom is 0.294 e. The second-order valence-corrected chi connectivity index (χ2v) is 10.6. The molecule has 2 aromatic carbocycles. The predicted octanol–water partition coefficient (Wildman–Crippen LogP) is 5.78. The number of carbonyl (C=O) groups excluding carboxylic acids is 3. The van der Waals surface area contributed by atoms with Gasteiger partial charge < -0.3 is 14.4 Å². The third-order valence-electron chi connectivity index (χ3n) is 6.01. The monoisotopic (exact) mass is 572 g/mol. The molecule has 4 rings (SSSR count). The highest BCUT2D eigenvalue weighted by Gasteiger charge is 2.37. The van der Waals surface area contributed by atoms with Crippen molar-refractivity contribution in [2.45, 2.75) is 39.7 Å². The average molecular weight is 574 g/mol. The van der Waals surface area contributed by atoms with Gasteiger partial charge in [0, 0.05) is 13.1 Å². The normalized spacial score (nSPS) is 17.1. The minimum atomic E-state index is -0.455. The first-order valence-corrected chi connectivity index (χ1v) is 13.6. The molecule has 0 atom stereocenters. The number of benzene rings is 2. The molecule has 9 heteroatoms. The number of nitrogens with zero attached hydrogens (tertiary/aromatic N) is 2. The number of halogens is 1. The summed E-state index contributed by atoms with van der Waals surface area (Å²) in [7, 11) is 0. The second-order valence-electron chi connectivity index (χ2n) is 8.75.